The van der Waals surface area contributed by atoms with Gasteiger partial charge < -0.3 is 24.5 Å². The van der Waals surface area contributed by atoms with Crippen molar-refractivity contribution in [2.24, 2.45) is 0 Å². The average molecular weight is 483 g/mol. The van der Waals surface area contributed by atoms with E-state index in [1.807, 2.05) is 0 Å². The maximum Gasteiger partial charge on any atom is 0.352 e. The first-order valence-corrected chi connectivity index (χ1v) is 10.8. The number of nitrogens with zero attached hydrogens (tertiary/aromatic N) is 2. The fourth-order valence-corrected chi connectivity index (χ4v) is 3.97. The Kier molecular flexibility index (Phi) is 9.10. The molecule has 180 valence electrons. The number of hydrogen-bond donors (Lipinski definition) is 3. The van der Waals surface area contributed by atoms with Crippen LogP contribution in [0, 0.1) is 5.82 Å². The largest absolute Gasteiger partial charge is 0.462 e. The first-order chi connectivity index (χ1) is 14.9. The van der Waals surface area contributed by atoms with E-state index >= 15 is 0 Å². The van der Waals surface area contributed by atoms with Crippen LogP contribution in [-0.2, 0) is 23.6 Å². The zero-order valence-corrected chi connectivity index (χ0v) is 18.5. The molecule has 1 saturated heterocycles. The minimum Gasteiger partial charge on any atom is -0.462 e. The number of alkyl halides is 2. The van der Waals surface area contributed by atoms with Crippen molar-refractivity contribution >= 4 is 26.5 Å². The predicted molar refractivity (Wildman–Crippen MR) is 107 cm³/mol. The number of rotatable bonds is 11. The van der Waals surface area contributed by atoms with Gasteiger partial charge in [-0.1, -0.05) is 0 Å². The molecule has 0 aromatic carbocycles. The Morgan fingerprint density at radius 2 is 2.19 bits per heavy atom. The number of ether oxygens (including phenoxy) is 2. The molecular formula is C17H25F3N5O6P. The summed E-state index contributed by atoms with van der Waals surface area (Å²) in [5, 5.41) is 5.50. The quantitative estimate of drug-likeness (QED) is 0.235. The van der Waals surface area contributed by atoms with Crippen LogP contribution in [0.4, 0.5) is 19.0 Å². The number of nitrogens with one attached hydrogen (secondary N) is 2. The maximum absolute atomic E-state index is 14.5. The van der Waals surface area contributed by atoms with E-state index in [0.717, 1.165) is 0 Å². The number of nitrogen functional groups attached to an aromatic ring is 1. The van der Waals surface area contributed by atoms with Crippen LogP contribution in [0.1, 0.15) is 33.4 Å². The van der Waals surface area contributed by atoms with Gasteiger partial charge in [0, 0.05) is 6.42 Å². The highest BCUT2D eigenvalue weighted by Gasteiger charge is 2.52. The Morgan fingerprint density at radius 1 is 1.50 bits per heavy atom. The lowest BCUT2D eigenvalue weighted by molar-refractivity contribution is -0.149. The molecule has 0 bridgehead atoms. The van der Waals surface area contributed by atoms with Crippen molar-refractivity contribution in [3.8, 4) is 0 Å². The van der Waals surface area contributed by atoms with Crippen molar-refractivity contribution in [3.05, 3.63) is 22.5 Å². The lowest BCUT2D eigenvalue weighted by atomic mass is 10.2. The number of halogens is 3. The zero-order valence-electron chi connectivity index (χ0n) is 17.6. The summed E-state index contributed by atoms with van der Waals surface area (Å²) in [6.07, 6.45) is -3.38. The highest BCUT2D eigenvalue weighted by Crippen LogP contribution is 2.43. The molecule has 4 N–H and O–H groups in total. The molecular weight excluding hydrogens is 458 g/mol. The molecule has 15 heteroatoms. The smallest absolute Gasteiger partial charge is 0.352 e. The molecule has 32 heavy (non-hydrogen) atoms. The van der Waals surface area contributed by atoms with E-state index in [-0.39, 0.29) is 19.3 Å². The minimum atomic E-state index is -3.52. The van der Waals surface area contributed by atoms with Gasteiger partial charge in [0.2, 0.25) is 6.23 Å². The van der Waals surface area contributed by atoms with Crippen molar-refractivity contribution < 1.29 is 36.8 Å². The number of esters is 1. The van der Waals surface area contributed by atoms with Crippen molar-refractivity contribution in [3.63, 3.8) is 0 Å². The third kappa shape index (κ3) is 6.94. The molecule has 2 heterocycles. The van der Waals surface area contributed by atoms with E-state index in [4.69, 9.17) is 19.7 Å². The topological polar surface area (TPSA) is 147 Å². The molecule has 1 aromatic heterocycles. The minimum absolute atomic E-state index is 0.124. The molecule has 0 saturated carbocycles. The summed E-state index contributed by atoms with van der Waals surface area (Å²) in [6.45, 7) is 4.37. The molecule has 1 aromatic rings. The van der Waals surface area contributed by atoms with Crippen molar-refractivity contribution in [2.45, 2.75) is 57.6 Å². The van der Waals surface area contributed by atoms with Crippen LogP contribution in [0.15, 0.2) is 11.0 Å². The monoisotopic (exact) mass is 483 g/mol. The van der Waals surface area contributed by atoms with Crippen molar-refractivity contribution in [2.75, 3.05) is 18.9 Å². The standard InChI is InChI=1S/C17H25F3N5O6P/c1-9(2)30-14(27)10(3)24-32(22-4-5-26)29-8-11-6-17(19,20)15(31-11)25-7-12(18)13(21)23-16(25)28/h5,7,9-11,15,22,24H,4,6,8H2,1-3H3,(H2,21,23,28). The molecule has 2 rings (SSSR count). The normalized spacial score (nSPS) is 22.0. The van der Waals surface area contributed by atoms with Crippen LogP contribution in [0.25, 0.3) is 0 Å². The Balaban J connectivity index is 2.04. The van der Waals surface area contributed by atoms with Gasteiger partial charge in [-0.15, -0.1) is 0 Å². The molecule has 11 nitrogen and oxygen atoms in total. The first-order valence-electron chi connectivity index (χ1n) is 9.59. The zero-order chi connectivity index (χ0) is 24.1. The highest BCUT2D eigenvalue weighted by atomic mass is 31.2. The van der Waals surface area contributed by atoms with Crippen molar-refractivity contribution in [1.82, 2.24) is 19.7 Å². The summed E-state index contributed by atoms with van der Waals surface area (Å²) >= 11 is 0. The summed E-state index contributed by atoms with van der Waals surface area (Å²) in [6, 6.07) is -0.816. The van der Waals surface area contributed by atoms with Crippen LogP contribution >= 0.6 is 8.45 Å². The second kappa shape index (κ2) is 11.1. The molecule has 0 spiro atoms. The van der Waals surface area contributed by atoms with Gasteiger partial charge in [0.1, 0.15) is 12.3 Å². The number of carbonyl (C=O) groups excluding carboxylic acids is 2. The second-order valence-corrected chi connectivity index (χ2v) is 8.62. The molecule has 1 fully saturated rings. The molecule has 0 amide bonds. The van der Waals surface area contributed by atoms with Crippen LogP contribution in [-0.4, -0.2) is 59.1 Å². The fraction of sp³-hybridized carbons (Fsp3) is 0.647. The number of carbonyl (C=O) groups is 2. The van der Waals surface area contributed by atoms with E-state index in [2.05, 4.69) is 15.2 Å². The fourth-order valence-electron chi connectivity index (χ4n) is 2.70. The van der Waals surface area contributed by atoms with Gasteiger partial charge in [-0.05, 0) is 20.8 Å². The van der Waals surface area contributed by atoms with Gasteiger partial charge >= 0.3 is 11.7 Å². The maximum atomic E-state index is 14.5. The summed E-state index contributed by atoms with van der Waals surface area (Å²) in [5.74, 6) is -5.94. The van der Waals surface area contributed by atoms with Gasteiger partial charge in [-0.25, -0.2) is 23.1 Å². The highest BCUT2D eigenvalue weighted by molar-refractivity contribution is 7.48. The Bertz CT molecular complexity index is 874. The molecule has 1 aliphatic heterocycles. The summed E-state index contributed by atoms with van der Waals surface area (Å²) in [4.78, 5) is 37.7. The number of aldehydes is 1. The van der Waals surface area contributed by atoms with E-state index in [9.17, 15) is 27.6 Å². The molecule has 1 aliphatic rings. The Morgan fingerprint density at radius 3 is 2.81 bits per heavy atom. The first kappa shape index (κ1) is 26.1. The van der Waals surface area contributed by atoms with E-state index in [1.54, 1.807) is 13.8 Å². The van der Waals surface area contributed by atoms with E-state index in [1.165, 1.54) is 6.92 Å². The molecule has 4 unspecified atom stereocenters. The predicted octanol–water partition coefficient (Wildman–Crippen LogP) is 0.849. The summed E-state index contributed by atoms with van der Waals surface area (Å²) < 4.78 is 58.7. The molecule has 0 aliphatic carbocycles. The van der Waals surface area contributed by atoms with Crippen molar-refractivity contribution in [1.29, 1.82) is 0 Å². The SMILES string of the molecule is CC(C)OC(=O)C(C)NP(NCC=O)OCC1CC(F)(F)C(n2cc(F)c(N)nc2=O)O1. The van der Waals surface area contributed by atoms with Crippen LogP contribution < -0.4 is 21.6 Å². The average Bonchev–Trinajstić information content (AvgIpc) is 3.00. The van der Waals surface area contributed by atoms with Gasteiger partial charge in [-0.3, -0.25) is 14.4 Å². The number of aromatic nitrogens is 2. The van der Waals surface area contributed by atoms with Crippen LogP contribution in [0.3, 0.4) is 0 Å². The van der Waals surface area contributed by atoms with Gasteiger partial charge in [0.25, 0.3) is 5.92 Å². The number of nitrogens with two attached hydrogens (primary N) is 1. The summed E-state index contributed by atoms with van der Waals surface area (Å²) in [5.41, 5.74) is 3.98. The van der Waals surface area contributed by atoms with E-state index < -0.39 is 62.5 Å². The van der Waals surface area contributed by atoms with Crippen LogP contribution in [0.2, 0.25) is 0 Å². The lowest BCUT2D eigenvalue weighted by Gasteiger charge is -2.24. The van der Waals surface area contributed by atoms with Crippen LogP contribution in [0.5, 0.6) is 0 Å². The third-order valence-corrected chi connectivity index (χ3v) is 5.59. The van der Waals surface area contributed by atoms with Gasteiger partial charge in [-0.2, -0.15) is 4.98 Å². The Hall–Kier alpha value is -2.12. The van der Waals surface area contributed by atoms with E-state index in [0.29, 0.717) is 17.1 Å². The number of hydrogen-bond acceptors (Lipinski definition) is 10. The molecule has 4 atom stereocenters. The third-order valence-electron chi connectivity index (χ3n) is 4.09. The molecule has 0 radical (unpaired) electrons. The second-order valence-electron chi connectivity index (χ2n) is 7.20. The van der Waals surface area contributed by atoms with Gasteiger partial charge in [0.15, 0.2) is 20.1 Å². The Labute approximate surface area is 182 Å². The summed E-state index contributed by atoms with van der Waals surface area (Å²) in [7, 11) is -1.81. The number of anilines is 1. The lowest BCUT2D eigenvalue weighted by Crippen LogP contribution is -2.37. The van der Waals surface area contributed by atoms with Gasteiger partial charge in [0.05, 0.1) is 31.6 Å².